The molecule has 0 rings (SSSR count). The molecule has 0 amide bonds. The summed E-state index contributed by atoms with van der Waals surface area (Å²) in [5, 5.41) is 11.6. The van der Waals surface area contributed by atoms with E-state index in [1.165, 1.54) is 25.7 Å². The molecule has 0 saturated heterocycles. The van der Waals surface area contributed by atoms with Crippen LogP contribution in [0.2, 0.25) is 0 Å². The van der Waals surface area contributed by atoms with Crippen LogP contribution in [0.3, 0.4) is 0 Å². The molecule has 0 heterocycles. The molecule has 0 N–H and O–H groups in total. The Labute approximate surface area is 372 Å². The number of carboxylic acid groups (broad SMARTS) is 1. The summed E-state index contributed by atoms with van der Waals surface area (Å²) in [6.07, 6.45) is 58.3. The summed E-state index contributed by atoms with van der Waals surface area (Å²) in [4.78, 5) is 36.9. The molecule has 61 heavy (non-hydrogen) atoms. The fourth-order valence-corrected chi connectivity index (χ4v) is 6.03. The van der Waals surface area contributed by atoms with Crippen molar-refractivity contribution >= 4 is 17.9 Å². The third-order valence-electron chi connectivity index (χ3n) is 9.64. The molecule has 0 spiro atoms. The molecule has 0 aromatic carbocycles. The third-order valence-corrected chi connectivity index (χ3v) is 9.64. The predicted octanol–water partition coefficient (Wildman–Crippen LogP) is 11.9. The first-order valence-corrected chi connectivity index (χ1v) is 23.4. The molecule has 8 heteroatoms. The SMILES string of the molecule is CC/C=C/C/C=C/C/C=C/C/C=C/C/C=C/CCCCCCC(=O)OC(COCCC(C(=O)[O-])[N+](C)(C)C)COC(=O)CCC/C=C/C/C=C/C/C=C/C/C=C/CCCCC. The first-order chi connectivity index (χ1) is 29.6. The summed E-state index contributed by atoms with van der Waals surface area (Å²) in [6, 6.07) is -0.746. The van der Waals surface area contributed by atoms with Gasteiger partial charge in [0.15, 0.2) is 6.10 Å². The standard InChI is InChI=1S/C53H85NO7/c1-6-8-10-12-14-16-18-20-22-24-25-26-28-30-32-34-36-38-40-42-44-52(56)61-49(47-59-46-45-50(53(57)58)54(3,4)5)48-60-51(55)43-41-39-37-35-33-31-29-27-23-21-19-17-15-13-11-9-7-2/h8,10,14-17,20-23,25-26,29-32,35,37,49-50H,6-7,9,11-13,18-19,24,27-28,33-34,36,38-48H2,1-5H3/b10-8+,16-14+,17-15+,22-20+,23-21+,26-25+,31-29+,32-30+,37-35+. The predicted molar refractivity (Wildman–Crippen MR) is 254 cm³/mol. The van der Waals surface area contributed by atoms with Crippen LogP contribution in [-0.4, -0.2) is 75.5 Å². The fraction of sp³-hybridized carbons (Fsp3) is 0.604. The van der Waals surface area contributed by atoms with Crippen molar-refractivity contribution in [2.45, 2.75) is 167 Å². The Morgan fingerprint density at radius 1 is 0.508 bits per heavy atom. The summed E-state index contributed by atoms with van der Waals surface area (Å²) in [5.41, 5.74) is 0. The van der Waals surface area contributed by atoms with Crippen LogP contribution in [0.15, 0.2) is 109 Å². The Balaban J connectivity index is 4.48. The molecule has 0 aliphatic rings. The van der Waals surface area contributed by atoms with Gasteiger partial charge in [-0.2, -0.15) is 0 Å². The Morgan fingerprint density at radius 3 is 1.39 bits per heavy atom. The highest BCUT2D eigenvalue weighted by atomic mass is 16.6. The van der Waals surface area contributed by atoms with E-state index < -0.39 is 18.1 Å². The van der Waals surface area contributed by atoms with Gasteiger partial charge in [0.2, 0.25) is 0 Å². The molecular weight excluding hydrogens is 763 g/mol. The van der Waals surface area contributed by atoms with Gasteiger partial charge in [0.1, 0.15) is 12.6 Å². The number of carboxylic acids is 1. The van der Waals surface area contributed by atoms with Crippen LogP contribution in [-0.2, 0) is 28.6 Å². The Hall–Kier alpha value is -4.01. The second kappa shape index (κ2) is 42.7. The second-order valence-electron chi connectivity index (χ2n) is 16.3. The average Bonchev–Trinajstić information content (AvgIpc) is 3.22. The number of hydrogen-bond acceptors (Lipinski definition) is 7. The monoisotopic (exact) mass is 848 g/mol. The number of likely N-dealkylation sites (N-methyl/N-ethyl adjacent to an activating group) is 1. The number of rotatable bonds is 40. The van der Waals surface area contributed by atoms with Gasteiger partial charge in [-0.05, 0) is 96.3 Å². The van der Waals surface area contributed by atoms with E-state index in [4.69, 9.17) is 14.2 Å². The van der Waals surface area contributed by atoms with Gasteiger partial charge < -0.3 is 28.6 Å². The van der Waals surface area contributed by atoms with Gasteiger partial charge >= 0.3 is 11.9 Å². The number of hydrogen-bond donors (Lipinski definition) is 0. The molecule has 8 nitrogen and oxygen atoms in total. The lowest BCUT2D eigenvalue weighted by atomic mass is 10.1. The van der Waals surface area contributed by atoms with Crippen molar-refractivity contribution < 1.29 is 38.2 Å². The first-order valence-electron chi connectivity index (χ1n) is 23.4. The first kappa shape index (κ1) is 57.0. The molecule has 344 valence electrons. The van der Waals surface area contributed by atoms with Crippen LogP contribution in [0.4, 0.5) is 0 Å². The highest BCUT2D eigenvalue weighted by molar-refractivity contribution is 5.70. The van der Waals surface area contributed by atoms with E-state index in [0.29, 0.717) is 12.8 Å². The number of carbonyl (C=O) groups excluding carboxylic acids is 3. The van der Waals surface area contributed by atoms with Crippen LogP contribution in [0.1, 0.15) is 155 Å². The van der Waals surface area contributed by atoms with Crippen LogP contribution in [0.5, 0.6) is 0 Å². The molecule has 2 unspecified atom stereocenters. The summed E-state index contributed by atoms with van der Waals surface area (Å²) in [5.74, 6) is -1.86. The van der Waals surface area contributed by atoms with Crippen molar-refractivity contribution in [1.82, 2.24) is 0 Å². The number of ether oxygens (including phenoxy) is 3. The maximum absolute atomic E-state index is 12.7. The lowest BCUT2D eigenvalue weighted by molar-refractivity contribution is -0.889. The van der Waals surface area contributed by atoms with E-state index in [2.05, 4.69) is 123 Å². The van der Waals surface area contributed by atoms with Crippen LogP contribution < -0.4 is 5.11 Å². The number of nitrogens with zero attached hydrogens (tertiary/aromatic N) is 1. The largest absolute Gasteiger partial charge is 0.544 e. The summed E-state index contributed by atoms with van der Waals surface area (Å²) < 4.78 is 17.1. The molecule has 0 bridgehead atoms. The van der Waals surface area contributed by atoms with Gasteiger partial charge in [0.25, 0.3) is 0 Å². The minimum atomic E-state index is -1.14. The van der Waals surface area contributed by atoms with Crippen LogP contribution in [0, 0.1) is 0 Å². The normalized spacial score (nSPS) is 13.9. The van der Waals surface area contributed by atoms with E-state index in [1.807, 2.05) is 0 Å². The minimum Gasteiger partial charge on any atom is -0.544 e. The number of esters is 2. The van der Waals surface area contributed by atoms with Gasteiger partial charge in [-0.15, -0.1) is 0 Å². The van der Waals surface area contributed by atoms with Crippen molar-refractivity contribution in [3.8, 4) is 0 Å². The maximum Gasteiger partial charge on any atom is 0.306 e. The van der Waals surface area contributed by atoms with Crippen molar-refractivity contribution in [3.05, 3.63) is 109 Å². The quantitative estimate of drug-likeness (QED) is 0.0262. The van der Waals surface area contributed by atoms with Gasteiger partial charge in [-0.1, -0.05) is 149 Å². The molecule has 2 atom stereocenters. The molecule has 0 aliphatic heterocycles. The van der Waals surface area contributed by atoms with Gasteiger partial charge in [0, 0.05) is 19.3 Å². The zero-order chi connectivity index (χ0) is 44.9. The number of carbonyl (C=O) groups is 3. The zero-order valence-electron chi connectivity index (χ0n) is 39.0. The van der Waals surface area contributed by atoms with E-state index >= 15 is 0 Å². The smallest absolute Gasteiger partial charge is 0.306 e. The number of quaternary nitrogens is 1. The fourth-order valence-electron chi connectivity index (χ4n) is 6.03. The number of aliphatic carboxylic acids is 1. The molecule has 0 aromatic rings. The highest BCUT2D eigenvalue weighted by Gasteiger charge is 2.25. The zero-order valence-corrected chi connectivity index (χ0v) is 39.0. The van der Waals surface area contributed by atoms with Gasteiger partial charge in [0.05, 0.1) is 40.3 Å². The lowest BCUT2D eigenvalue weighted by Crippen LogP contribution is -2.55. The second-order valence-corrected chi connectivity index (χ2v) is 16.3. The van der Waals surface area contributed by atoms with Crippen molar-refractivity contribution in [2.24, 2.45) is 0 Å². The van der Waals surface area contributed by atoms with Crippen LogP contribution in [0.25, 0.3) is 0 Å². The van der Waals surface area contributed by atoms with Crippen molar-refractivity contribution in [3.63, 3.8) is 0 Å². The minimum absolute atomic E-state index is 0.00536. The molecule has 0 radical (unpaired) electrons. The van der Waals surface area contributed by atoms with Gasteiger partial charge in [-0.3, -0.25) is 9.59 Å². The summed E-state index contributed by atoms with van der Waals surface area (Å²) in [6.45, 7) is 4.41. The third kappa shape index (κ3) is 41.1. The lowest BCUT2D eigenvalue weighted by Gasteiger charge is -2.34. The van der Waals surface area contributed by atoms with E-state index in [1.54, 1.807) is 21.1 Å². The Morgan fingerprint density at radius 2 is 0.934 bits per heavy atom. The molecule has 0 saturated carbocycles. The molecule has 0 aromatic heterocycles. The maximum atomic E-state index is 12.7. The molecule has 0 fully saturated rings. The van der Waals surface area contributed by atoms with E-state index in [-0.39, 0.29) is 55.5 Å². The van der Waals surface area contributed by atoms with E-state index in [9.17, 15) is 19.5 Å². The van der Waals surface area contributed by atoms with Gasteiger partial charge in [-0.25, -0.2) is 0 Å². The Bertz CT molecular complexity index is 1360. The molecular formula is C53H85NO7. The average molecular weight is 848 g/mol. The summed E-state index contributed by atoms with van der Waals surface area (Å²) in [7, 11) is 5.37. The summed E-state index contributed by atoms with van der Waals surface area (Å²) >= 11 is 0. The molecule has 0 aliphatic carbocycles. The Kier molecular flexibility index (Phi) is 39.9. The van der Waals surface area contributed by atoms with Crippen molar-refractivity contribution in [2.75, 3.05) is 41.0 Å². The number of unbranched alkanes of at least 4 members (excludes halogenated alkanes) is 8. The number of allylic oxidation sites excluding steroid dienone is 18. The topological polar surface area (TPSA) is 102 Å². The highest BCUT2D eigenvalue weighted by Crippen LogP contribution is 2.11. The van der Waals surface area contributed by atoms with Crippen molar-refractivity contribution in [1.29, 1.82) is 0 Å². The van der Waals surface area contributed by atoms with Crippen LogP contribution >= 0.6 is 0 Å². The van der Waals surface area contributed by atoms with E-state index in [0.717, 1.165) is 83.5 Å².